The van der Waals surface area contributed by atoms with E-state index in [1.54, 1.807) is 0 Å². The van der Waals surface area contributed by atoms with Gasteiger partial charge in [0.25, 0.3) is 0 Å². The first-order chi connectivity index (χ1) is 9.41. The van der Waals surface area contributed by atoms with Crippen molar-refractivity contribution in [2.45, 2.75) is 39.2 Å². The Kier molecular flexibility index (Phi) is 4.28. The summed E-state index contributed by atoms with van der Waals surface area (Å²) in [5.41, 5.74) is 8.22. The molecular formula is C15H23N3O2. The monoisotopic (exact) mass is 277 g/mol. The second-order valence-electron chi connectivity index (χ2n) is 5.65. The molecule has 1 fully saturated rings. The van der Waals surface area contributed by atoms with Gasteiger partial charge in [-0.1, -0.05) is 6.42 Å². The predicted molar refractivity (Wildman–Crippen MR) is 77.6 cm³/mol. The zero-order valence-electron chi connectivity index (χ0n) is 12.5. The van der Waals surface area contributed by atoms with Gasteiger partial charge in [-0.2, -0.15) is 0 Å². The Morgan fingerprint density at radius 1 is 1.35 bits per heavy atom. The number of hydrogen-bond acceptors (Lipinski definition) is 3. The zero-order valence-corrected chi connectivity index (χ0v) is 12.5. The summed E-state index contributed by atoms with van der Waals surface area (Å²) in [6.45, 7) is 4.97. The summed E-state index contributed by atoms with van der Waals surface area (Å²) < 4.78 is 2.01. The molecule has 110 valence electrons. The highest BCUT2D eigenvalue weighted by Crippen LogP contribution is 2.19. The molecule has 1 aromatic rings. The summed E-state index contributed by atoms with van der Waals surface area (Å²) >= 11 is 0. The third kappa shape index (κ3) is 2.77. The van der Waals surface area contributed by atoms with Crippen LogP contribution in [0.1, 0.15) is 41.0 Å². The quantitative estimate of drug-likeness (QED) is 0.840. The van der Waals surface area contributed by atoms with Gasteiger partial charge in [-0.15, -0.1) is 0 Å². The molecule has 5 nitrogen and oxygen atoms in total. The molecule has 1 unspecified atom stereocenters. The van der Waals surface area contributed by atoms with Crippen LogP contribution in [0.3, 0.4) is 0 Å². The van der Waals surface area contributed by atoms with Gasteiger partial charge in [0.15, 0.2) is 5.78 Å². The average molecular weight is 277 g/mol. The van der Waals surface area contributed by atoms with Crippen LogP contribution in [0.25, 0.3) is 0 Å². The van der Waals surface area contributed by atoms with E-state index >= 15 is 0 Å². The fraction of sp³-hybridized carbons (Fsp3) is 0.600. The lowest BCUT2D eigenvalue weighted by atomic mass is 10.0. The number of nitrogens with two attached hydrogens (primary N) is 1. The molecule has 1 saturated heterocycles. The van der Waals surface area contributed by atoms with Gasteiger partial charge >= 0.3 is 0 Å². The first kappa shape index (κ1) is 14.8. The molecule has 2 heterocycles. The molecule has 0 spiro atoms. The molecule has 0 aromatic carbocycles. The average Bonchev–Trinajstić information content (AvgIpc) is 2.67. The number of piperidine rings is 1. The van der Waals surface area contributed by atoms with Crippen molar-refractivity contribution in [3.05, 3.63) is 23.0 Å². The topological polar surface area (TPSA) is 68.3 Å². The summed E-state index contributed by atoms with van der Waals surface area (Å²) in [6, 6.07) is 1.62. The predicted octanol–water partition coefficient (Wildman–Crippen LogP) is 1.16. The minimum Gasteiger partial charge on any atom is -0.368 e. The Morgan fingerprint density at radius 2 is 2.05 bits per heavy atom. The Balaban J connectivity index is 2.13. The van der Waals surface area contributed by atoms with Gasteiger partial charge in [-0.25, -0.2) is 0 Å². The molecule has 0 radical (unpaired) electrons. The maximum atomic E-state index is 12.5. The lowest BCUT2D eigenvalue weighted by Gasteiger charge is -2.32. The number of primary amides is 1. The van der Waals surface area contributed by atoms with Gasteiger partial charge in [0.05, 0.1) is 12.6 Å². The smallest absolute Gasteiger partial charge is 0.234 e. The Morgan fingerprint density at radius 3 is 2.60 bits per heavy atom. The number of Topliss-reactive ketones (excluding diaryl/α,β-unsaturated/α-hetero) is 1. The molecule has 1 amide bonds. The van der Waals surface area contributed by atoms with E-state index in [2.05, 4.69) is 0 Å². The van der Waals surface area contributed by atoms with Crippen LogP contribution in [-0.2, 0) is 11.8 Å². The van der Waals surface area contributed by atoms with Crippen LogP contribution in [0.5, 0.6) is 0 Å². The molecule has 1 aromatic heterocycles. The van der Waals surface area contributed by atoms with Crippen LogP contribution in [-0.4, -0.2) is 40.3 Å². The zero-order chi connectivity index (χ0) is 14.9. The molecule has 2 N–H and O–H groups in total. The van der Waals surface area contributed by atoms with E-state index in [0.717, 1.165) is 42.8 Å². The van der Waals surface area contributed by atoms with Crippen molar-refractivity contribution in [1.29, 1.82) is 0 Å². The fourth-order valence-corrected chi connectivity index (χ4v) is 2.91. The highest BCUT2D eigenvalue weighted by Gasteiger charge is 2.29. The van der Waals surface area contributed by atoms with Crippen LogP contribution in [0.15, 0.2) is 6.07 Å². The van der Waals surface area contributed by atoms with Crippen molar-refractivity contribution < 1.29 is 9.59 Å². The highest BCUT2D eigenvalue weighted by atomic mass is 16.1. The number of likely N-dealkylation sites (tertiary alicyclic amines) is 1. The lowest BCUT2D eigenvalue weighted by Crippen LogP contribution is -2.49. The maximum Gasteiger partial charge on any atom is 0.234 e. The Bertz CT molecular complexity index is 533. The second-order valence-corrected chi connectivity index (χ2v) is 5.65. The summed E-state index contributed by atoms with van der Waals surface area (Å²) in [5.74, 6) is -0.252. The minimum atomic E-state index is -0.321. The first-order valence-corrected chi connectivity index (χ1v) is 7.11. The number of hydrogen-bond donors (Lipinski definition) is 1. The minimum absolute atomic E-state index is 0.0688. The molecule has 5 heteroatoms. The maximum absolute atomic E-state index is 12.5. The number of amides is 1. The standard InChI is InChI=1S/C15H23N3O2/c1-10-8-12(11(2)17(10)3)14(19)9-18-7-5-4-6-13(18)15(16)20/h8,13H,4-7,9H2,1-3H3,(H2,16,20). The molecule has 0 bridgehead atoms. The van der Waals surface area contributed by atoms with E-state index in [1.165, 1.54) is 0 Å². The molecule has 20 heavy (non-hydrogen) atoms. The highest BCUT2D eigenvalue weighted by molar-refractivity contribution is 5.99. The third-order valence-electron chi connectivity index (χ3n) is 4.36. The SMILES string of the molecule is Cc1cc(C(=O)CN2CCCCC2C(N)=O)c(C)n1C. The molecule has 0 saturated carbocycles. The van der Waals surface area contributed by atoms with E-state index in [-0.39, 0.29) is 24.3 Å². The van der Waals surface area contributed by atoms with Crippen molar-refractivity contribution in [3.63, 3.8) is 0 Å². The van der Waals surface area contributed by atoms with Crippen LogP contribution in [0.4, 0.5) is 0 Å². The van der Waals surface area contributed by atoms with Crippen molar-refractivity contribution >= 4 is 11.7 Å². The number of aryl methyl sites for hydroxylation is 1. The van der Waals surface area contributed by atoms with Crippen LogP contribution < -0.4 is 5.73 Å². The van der Waals surface area contributed by atoms with Gasteiger partial charge in [0, 0.05) is 24.0 Å². The van der Waals surface area contributed by atoms with Gasteiger partial charge in [-0.05, 0) is 39.3 Å². The third-order valence-corrected chi connectivity index (χ3v) is 4.36. The summed E-state index contributed by atoms with van der Waals surface area (Å²) in [7, 11) is 1.95. The molecule has 1 atom stereocenters. The van der Waals surface area contributed by atoms with Gasteiger partial charge in [-0.3, -0.25) is 14.5 Å². The number of nitrogens with zero attached hydrogens (tertiary/aromatic N) is 2. The van der Waals surface area contributed by atoms with Crippen molar-refractivity contribution in [2.24, 2.45) is 12.8 Å². The molecule has 1 aliphatic heterocycles. The van der Waals surface area contributed by atoms with Gasteiger partial charge < -0.3 is 10.3 Å². The largest absolute Gasteiger partial charge is 0.368 e. The Hall–Kier alpha value is -1.62. The van der Waals surface area contributed by atoms with Crippen molar-refractivity contribution in [1.82, 2.24) is 9.47 Å². The second kappa shape index (κ2) is 5.79. The van der Waals surface area contributed by atoms with Crippen molar-refractivity contribution in [3.8, 4) is 0 Å². The van der Waals surface area contributed by atoms with E-state index in [4.69, 9.17) is 5.73 Å². The van der Waals surface area contributed by atoms with Gasteiger partial charge in [0.1, 0.15) is 0 Å². The summed E-state index contributed by atoms with van der Waals surface area (Å²) in [6.07, 6.45) is 2.78. The van der Waals surface area contributed by atoms with E-state index in [0.29, 0.717) is 0 Å². The van der Waals surface area contributed by atoms with Crippen LogP contribution >= 0.6 is 0 Å². The number of rotatable bonds is 4. The molecular weight excluding hydrogens is 254 g/mol. The van der Waals surface area contributed by atoms with Gasteiger partial charge in [0.2, 0.25) is 5.91 Å². The van der Waals surface area contributed by atoms with Crippen molar-refractivity contribution in [2.75, 3.05) is 13.1 Å². The van der Waals surface area contributed by atoms with Crippen LogP contribution in [0.2, 0.25) is 0 Å². The van der Waals surface area contributed by atoms with E-state index < -0.39 is 0 Å². The van der Waals surface area contributed by atoms with E-state index in [1.807, 2.05) is 36.4 Å². The number of ketones is 1. The molecule has 1 aliphatic rings. The first-order valence-electron chi connectivity index (χ1n) is 7.11. The summed E-state index contributed by atoms with van der Waals surface area (Å²) in [5, 5.41) is 0. The summed E-state index contributed by atoms with van der Waals surface area (Å²) in [4.78, 5) is 25.9. The molecule has 2 rings (SSSR count). The fourth-order valence-electron chi connectivity index (χ4n) is 2.91. The lowest BCUT2D eigenvalue weighted by molar-refractivity contribution is -0.124. The normalized spacial score (nSPS) is 20.1. The number of carbonyl (C=O) groups excluding carboxylic acids is 2. The van der Waals surface area contributed by atoms with Crippen LogP contribution in [0, 0.1) is 13.8 Å². The van der Waals surface area contributed by atoms with E-state index in [9.17, 15) is 9.59 Å². The Labute approximate surface area is 119 Å². The molecule has 0 aliphatic carbocycles. The number of carbonyl (C=O) groups is 2. The number of aromatic nitrogens is 1.